The Morgan fingerprint density at radius 1 is 1.19 bits per heavy atom. The van der Waals surface area contributed by atoms with Gasteiger partial charge in [0.1, 0.15) is 5.76 Å². The normalized spacial score (nSPS) is 15.8. The highest BCUT2D eigenvalue weighted by atomic mass is 32.2. The van der Waals surface area contributed by atoms with Crippen molar-refractivity contribution in [2.45, 2.75) is 18.2 Å². The average Bonchev–Trinajstić information content (AvgIpc) is 3.37. The minimum absolute atomic E-state index is 0.0889. The lowest BCUT2D eigenvalue weighted by atomic mass is 10.3. The Bertz CT molecular complexity index is 1180. The number of thiazole rings is 1. The standard InChI is InChI=1S/C21H24N4O4S2/c1-15-6-7-19(29-15)21-23-17(14-30-21)13-20(26)22-16-4-3-5-18(12-16)31(27,28)25-10-8-24(2)9-11-25/h3-7,12,14H,8-11,13H2,1-2H3,(H,22,26). The van der Waals surface area contributed by atoms with Crippen LogP contribution in [0.15, 0.2) is 51.1 Å². The molecule has 1 aromatic carbocycles. The van der Waals surface area contributed by atoms with E-state index < -0.39 is 10.0 Å². The topological polar surface area (TPSA) is 95.7 Å². The molecule has 1 N–H and O–H groups in total. The SMILES string of the molecule is Cc1ccc(-c2nc(CC(=O)Nc3cccc(S(=O)(=O)N4CCN(C)CC4)c3)cs2)o1. The van der Waals surface area contributed by atoms with E-state index in [0.717, 1.165) is 10.8 Å². The van der Waals surface area contributed by atoms with E-state index in [1.165, 1.54) is 21.7 Å². The van der Waals surface area contributed by atoms with Crippen LogP contribution in [-0.2, 0) is 21.2 Å². The summed E-state index contributed by atoms with van der Waals surface area (Å²) in [5.74, 6) is 1.22. The third kappa shape index (κ3) is 5.04. The summed E-state index contributed by atoms with van der Waals surface area (Å²) >= 11 is 1.41. The van der Waals surface area contributed by atoms with E-state index in [9.17, 15) is 13.2 Å². The minimum atomic E-state index is -3.59. The van der Waals surface area contributed by atoms with Crippen molar-refractivity contribution < 1.29 is 17.6 Å². The Balaban J connectivity index is 1.42. The number of aryl methyl sites for hydroxylation is 1. The fourth-order valence-electron chi connectivity index (χ4n) is 3.33. The van der Waals surface area contributed by atoms with Crippen molar-refractivity contribution >= 4 is 33.0 Å². The van der Waals surface area contributed by atoms with E-state index in [4.69, 9.17) is 4.42 Å². The highest BCUT2D eigenvalue weighted by molar-refractivity contribution is 7.89. The number of piperazine rings is 1. The molecule has 1 amide bonds. The highest BCUT2D eigenvalue weighted by Crippen LogP contribution is 2.26. The zero-order chi connectivity index (χ0) is 22.0. The van der Waals surface area contributed by atoms with Gasteiger partial charge in [0.25, 0.3) is 0 Å². The van der Waals surface area contributed by atoms with Crippen LogP contribution in [-0.4, -0.2) is 61.7 Å². The van der Waals surface area contributed by atoms with Crippen molar-refractivity contribution in [1.29, 1.82) is 0 Å². The number of amides is 1. The van der Waals surface area contributed by atoms with Gasteiger partial charge >= 0.3 is 0 Å². The van der Waals surface area contributed by atoms with Crippen LogP contribution in [0.4, 0.5) is 5.69 Å². The van der Waals surface area contributed by atoms with Gasteiger partial charge in [-0.15, -0.1) is 11.3 Å². The monoisotopic (exact) mass is 460 g/mol. The number of furan rings is 1. The summed E-state index contributed by atoms with van der Waals surface area (Å²) in [6, 6.07) is 10.1. The number of anilines is 1. The largest absolute Gasteiger partial charge is 0.459 e. The number of hydrogen-bond donors (Lipinski definition) is 1. The van der Waals surface area contributed by atoms with Crippen molar-refractivity contribution in [1.82, 2.24) is 14.2 Å². The average molecular weight is 461 g/mol. The molecule has 31 heavy (non-hydrogen) atoms. The first-order valence-corrected chi connectivity index (χ1v) is 12.2. The Morgan fingerprint density at radius 2 is 1.97 bits per heavy atom. The fraction of sp³-hybridized carbons (Fsp3) is 0.333. The van der Waals surface area contributed by atoms with Crippen LogP contribution in [0.3, 0.4) is 0 Å². The Morgan fingerprint density at radius 3 is 2.68 bits per heavy atom. The van der Waals surface area contributed by atoms with Crippen LogP contribution in [0.1, 0.15) is 11.5 Å². The minimum Gasteiger partial charge on any atom is -0.459 e. The molecule has 4 rings (SSSR count). The van der Waals surface area contributed by atoms with Crippen molar-refractivity contribution in [3.05, 3.63) is 53.2 Å². The molecule has 2 aromatic heterocycles. The number of sulfonamides is 1. The first-order chi connectivity index (χ1) is 14.8. The molecule has 1 fully saturated rings. The van der Waals surface area contributed by atoms with Gasteiger partial charge in [0, 0.05) is 37.2 Å². The molecule has 10 heteroatoms. The second kappa shape index (κ2) is 8.91. The molecule has 1 saturated heterocycles. The molecule has 0 aliphatic carbocycles. The summed E-state index contributed by atoms with van der Waals surface area (Å²) in [5.41, 5.74) is 1.07. The smallest absolute Gasteiger partial charge is 0.243 e. The molecule has 3 heterocycles. The van der Waals surface area contributed by atoms with E-state index in [-0.39, 0.29) is 17.2 Å². The maximum atomic E-state index is 12.9. The second-order valence-corrected chi connectivity index (χ2v) is 10.3. The summed E-state index contributed by atoms with van der Waals surface area (Å²) < 4.78 is 32.9. The first-order valence-electron chi connectivity index (χ1n) is 9.91. The Labute approximate surface area is 185 Å². The molecule has 8 nitrogen and oxygen atoms in total. The van der Waals surface area contributed by atoms with Crippen LogP contribution < -0.4 is 5.32 Å². The van der Waals surface area contributed by atoms with E-state index >= 15 is 0 Å². The molecular weight excluding hydrogens is 436 g/mol. The zero-order valence-corrected chi connectivity index (χ0v) is 19.0. The summed E-state index contributed by atoms with van der Waals surface area (Å²) in [7, 11) is -1.62. The Kier molecular flexibility index (Phi) is 6.24. The van der Waals surface area contributed by atoms with Gasteiger partial charge in [-0.3, -0.25) is 4.79 Å². The lowest BCUT2D eigenvalue weighted by molar-refractivity contribution is -0.115. The highest BCUT2D eigenvalue weighted by Gasteiger charge is 2.27. The molecule has 0 bridgehead atoms. The predicted molar refractivity (Wildman–Crippen MR) is 120 cm³/mol. The number of aromatic nitrogens is 1. The van der Waals surface area contributed by atoms with Gasteiger partial charge in [-0.25, -0.2) is 13.4 Å². The molecule has 0 saturated carbocycles. The molecular formula is C21H24N4O4S2. The van der Waals surface area contributed by atoms with Gasteiger partial charge in [0.05, 0.1) is 17.0 Å². The lowest BCUT2D eigenvalue weighted by Gasteiger charge is -2.31. The molecule has 1 aliphatic heterocycles. The molecule has 0 spiro atoms. The lowest BCUT2D eigenvalue weighted by Crippen LogP contribution is -2.47. The van der Waals surface area contributed by atoms with Gasteiger partial charge in [0.15, 0.2) is 10.8 Å². The third-order valence-electron chi connectivity index (χ3n) is 5.06. The maximum Gasteiger partial charge on any atom is 0.243 e. The zero-order valence-electron chi connectivity index (χ0n) is 17.4. The predicted octanol–water partition coefficient (Wildman–Crippen LogP) is 2.83. The molecule has 0 unspecified atom stereocenters. The number of rotatable bonds is 6. The molecule has 3 aromatic rings. The van der Waals surface area contributed by atoms with E-state index in [2.05, 4.69) is 15.2 Å². The third-order valence-corrected chi connectivity index (χ3v) is 7.86. The van der Waals surface area contributed by atoms with Crippen molar-refractivity contribution in [3.63, 3.8) is 0 Å². The second-order valence-electron chi connectivity index (χ2n) is 7.51. The molecule has 0 radical (unpaired) electrons. The van der Waals surface area contributed by atoms with Crippen LogP contribution in [0, 0.1) is 6.92 Å². The maximum absolute atomic E-state index is 12.9. The summed E-state index contributed by atoms with van der Waals surface area (Å²) in [4.78, 5) is 19.2. The van der Waals surface area contributed by atoms with Crippen molar-refractivity contribution in [2.24, 2.45) is 0 Å². The fourth-order valence-corrected chi connectivity index (χ4v) is 5.58. The number of benzene rings is 1. The van der Waals surface area contributed by atoms with Crippen LogP contribution in [0.5, 0.6) is 0 Å². The Hall–Kier alpha value is -2.53. The molecule has 0 atom stereocenters. The van der Waals surface area contributed by atoms with Gasteiger partial charge in [-0.05, 0) is 44.3 Å². The number of likely N-dealkylation sites (N-methyl/N-ethyl adjacent to an activating group) is 1. The van der Waals surface area contributed by atoms with E-state index in [0.29, 0.717) is 43.3 Å². The van der Waals surface area contributed by atoms with Crippen LogP contribution in [0.25, 0.3) is 10.8 Å². The number of hydrogen-bond acceptors (Lipinski definition) is 7. The van der Waals surface area contributed by atoms with Crippen molar-refractivity contribution in [2.75, 3.05) is 38.5 Å². The van der Waals surface area contributed by atoms with E-state index in [1.54, 1.807) is 18.2 Å². The van der Waals surface area contributed by atoms with Gasteiger partial charge in [-0.2, -0.15) is 4.31 Å². The summed E-state index contributed by atoms with van der Waals surface area (Å²) in [5, 5.41) is 5.32. The molecule has 164 valence electrons. The van der Waals surface area contributed by atoms with Gasteiger partial charge in [0.2, 0.25) is 15.9 Å². The summed E-state index contributed by atoms with van der Waals surface area (Å²) in [6.45, 7) is 4.17. The molecule has 1 aliphatic rings. The van der Waals surface area contributed by atoms with E-state index in [1.807, 2.05) is 31.5 Å². The quantitative estimate of drug-likeness (QED) is 0.608. The van der Waals surface area contributed by atoms with Crippen LogP contribution in [0.2, 0.25) is 0 Å². The van der Waals surface area contributed by atoms with Gasteiger partial charge < -0.3 is 14.6 Å². The number of nitrogens with zero attached hydrogens (tertiary/aromatic N) is 3. The van der Waals surface area contributed by atoms with Crippen LogP contribution >= 0.6 is 11.3 Å². The van der Waals surface area contributed by atoms with Crippen molar-refractivity contribution in [3.8, 4) is 10.8 Å². The first kappa shape index (κ1) is 21.7. The van der Waals surface area contributed by atoms with Gasteiger partial charge in [-0.1, -0.05) is 6.07 Å². The number of nitrogens with one attached hydrogen (secondary N) is 1. The summed E-state index contributed by atoms with van der Waals surface area (Å²) in [6.07, 6.45) is 0.0889. The number of carbonyl (C=O) groups excluding carboxylic acids is 1. The number of carbonyl (C=O) groups is 1.